The van der Waals surface area contributed by atoms with Crippen molar-refractivity contribution >= 4 is 11.9 Å². The van der Waals surface area contributed by atoms with E-state index in [0.717, 1.165) is 64.0 Å². The summed E-state index contributed by atoms with van der Waals surface area (Å²) in [5, 5.41) is 0. The molecule has 0 spiro atoms. The molecule has 0 aliphatic rings. The first-order valence-corrected chi connectivity index (χ1v) is 13.7. The van der Waals surface area contributed by atoms with E-state index in [1.54, 1.807) is 0 Å². The van der Waals surface area contributed by atoms with E-state index < -0.39 is 0 Å². The number of benzene rings is 2. The Bertz CT molecular complexity index is 1430. The van der Waals surface area contributed by atoms with Gasteiger partial charge in [-0.15, -0.1) is 0 Å². The molecule has 0 aliphatic carbocycles. The molecule has 2 aromatic heterocycles. The summed E-state index contributed by atoms with van der Waals surface area (Å²) in [6, 6.07) is 19.4. The molecular weight excluding hydrogens is 488 g/mol. The van der Waals surface area contributed by atoms with Gasteiger partial charge in [0, 0.05) is 24.9 Å². The van der Waals surface area contributed by atoms with Gasteiger partial charge in [0.15, 0.2) is 0 Å². The third-order valence-corrected chi connectivity index (χ3v) is 7.43. The van der Waals surface area contributed by atoms with E-state index in [-0.39, 0.29) is 25.2 Å². The standard InChI is InChI=1S/C33H38N2O4/c1-6-25-22(4)30(32(36)38-20-23-15-11-9-12-16-23)34-28(25)19-29-26(7-2)27(8-3)31(35(29)5)33(37)39-21-24-17-13-10-14-18-24/h9-18,34H,6-8,19-21H2,1-5H3. The molecule has 1 N–H and O–H groups in total. The first-order valence-electron chi connectivity index (χ1n) is 13.7. The predicted octanol–water partition coefficient (Wildman–Crippen LogP) is 6.65. The fourth-order valence-electron chi connectivity index (χ4n) is 5.43. The molecule has 0 amide bonds. The van der Waals surface area contributed by atoms with Gasteiger partial charge in [0.1, 0.15) is 24.6 Å². The molecule has 4 rings (SSSR count). The Hall–Kier alpha value is -4.06. The summed E-state index contributed by atoms with van der Waals surface area (Å²) in [7, 11) is 1.93. The Balaban J connectivity index is 1.61. The molecule has 0 fully saturated rings. The fourth-order valence-corrected chi connectivity index (χ4v) is 5.43. The number of hydrogen-bond donors (Lipinski definition) is 1. The Kier molecular flexibility index (Phi) is 9.07. The van der Waals surface area contributed by atoms with Crippen LogP contribution < -0.4 is 0 Å². The number of H-pyrrole nitrogens is 1. The van der Waals surface area contributed by atoms with Gasteiger partial charge in [-0.05, 0) is 59.6 Å². The molecule has 0 saturated heterocycles. The lowest BCUT2D eigenvalue weighted by Crippen LogP contribution is -2.13. The third-order valence-electron chi connectivity index (χ3n) is 7.43. The van der Waals surface area contributed by atoms with Crippen molar-refractivity contribution in [3.8, 4) is 0 Å². The lowest BCUT2D eigenvalue weighted by atomic mass is 9.99. The minimum atomic E-state index is -0.362. The summed E-state index contributed by atoms with van der Waals surface area (Å²) in [4.78, 5) is 29.7. The number of carbonyl (C=O) groups is 2. The van der Waals surface area contributed by atoms with Crippen LogP contribution in [0.5, 0.6) is 0 Å². The lowest BCUT2D eigenvalue weighted by molar-refractivity contribution is 0.0454. The summed E-state index contributed by atoms with van der Waals surface area (Å²) in [6.45, 7) is 8.70. The van der Waals surface area contributed by atoms with Crippen molar-refractivity contribution in [1.82, 2.24) is 9.55 Å². The van der Waals surface area contributed by atoms with Crippen LogP contribution in [0.1, 0.15) is 86.5 Å². The number of rotatable bonds is 11. The van der Waals surface area contributed by atoms with E-state index in [9.17, 15) is 9.59 Å². The summed E-state index contributed by atoms with van der Waals surface area (Å²) >= 11 is 0. The van der Waals surface area contributed by atoms with Crippen LogP contribution in [0.3, 0.4) is 0 Å². The van der Waals surface area contributed by atoms with E-state index in [1.165, 1.54) is 0 Å². The van der Waals surface area contributed by atoms with E-state index in [2.05, 4.69) is 25.8 Å². The molecular formula is C33H38N2O4. The van der Waals surface area contributed by atoms with Gasteiger partial charge in [-0.1, -0.05) is 81.4 Å². The second-order valence-electron chi connectivity index (χ2n) is 9.75. The zero-order valence-corrected chi connectivity index (χ0v) is 23.6. The van der Waals surface area contributed by atoms with E-state index >= 15 is 0 Å². The number of aromatic amines is 1. The lowest BCUT2D eigenvalue weighted by Gasteiger charge is -2.10. The van der Waals surface area contributed by atoms with E-state index in [4.69, 9.17) is 9.47 Å². The average molecular weight is 527 g/mol. The van der Waals surface area contributed by atoms with Crippen molar-refractivity contribution in [3.63, 3.8) is 0 Å². The molecule has 0 bridgehead atoms. The molecule has 4 aromatic rings. The van der Waals surface area contributed by atoms with Gasteiger partial charge in [-0.25, -0.2) is 9.59 Å². The highest BCUT2D eigenvalue weighted by molar-refractivity contribution is 5.91. The van der Waals surface area contributed by atoms with Crippen LogP contribution in [0.15, 0.2) is 60.7 Å². The number of carbonyl (C=O) groups excluding carboxylic acids is 2. The number of nitrogens with one attached hydrogen (secondary N) is 1. The Morgan fingerprint density at radius 3 is 1.77 bits per heavy atom. The van der Waals surface area contributed by atoms with Crippen molar-refractivity contribution < 1.29 is 19.1 Å². The number of nitrogens with zero attached hydrogens (tertiary/aromatic N) is 1. The summed E-state index contributed by atoms with van der Waals surface area (Å²) < 4.78 is 13.3. The second-order valence-corrected chi connectivity index (χ2v) is 9.75. The van der Waals surface area contributed by atoms with Gasteiger partial charge in [-0.2, -0.15) is 0 Å². The Morgan fingerprint density at radius 2 is 1.26 bits per heavy atom. The first kappa shape index (κ1) is 28.0. The molecule has 39 heavy (non-hydrogen) atoms. The van der Waals surface area contributed by atoms with E-state index in [1.807, 2.05) is 79.2 Å². The molecule has 204 valence electrons. The maximum atomic E-state index is 13.3. The van der Waals surface area contributed by atoms with Gasteiger partial charge in [0.25, 0.3) is 0 Å². The molecule has 0 radical (unpaired) electrons. The molecule has 0 unspecified atom stereocenters. The van der Waals surface area contributed by atoms with Crippen molar-refractivity contribution in [2.75, 3.05) is 0 Å². The predicted molar refractivity (Wildman–Crippen MR) is 153 cm³/mol. The minimum absolute atomic E-state index is 0.223. The third kappa shape index (κ3) is 6.00. The van der Waals surface area contributed by atoms with Crippen molar-refractivity contribution in [2.24, 2.45) is 7.05 Å². The highest BCUT2D eigenvalue weighted by Crippen LogP contribution is 2.29. The smallest absolute Gasteiger partial charge is 0.355 e. The maximum Gasteiger partial charge on any atom is 0.355 e. The first-order chi connectivity index (χ1) is 18.9. The zero-order valence-electron chi connectivity index (χ0n) is 23.6. The molecule has 2 heterocycles. The summed E-state index contributed by atoms with van der Waals surface area (Å²) in [5.41, 5.74) is 9.23. The van der Waals surface area contributed by atoms with Crippen LogP contribution in [-0.4, -0.2) is 21.5 Å². The highest BCUT2D eigenvalue weighted by Gasteiger charge is 2.27. The van der Waals surface area contributed by atoms with E-state index in [0.29, 0.717) is 17.8 Å². The van der Waals surface area contributed by atoms with Crippen LogP contribution in [0.4, 0.5) is 0 Å². The van der Waals surface area contributed by atoms with Crippen molar-refractivity contribution in [1.29, 1.82) is 0 Å². The normalized spacial score (nSPS) is 11.0. The fraction of sp³-hybridized carbons (Fsp3) is 0.333. The molecule has 0 aliphatic heterocycles. The van der Waals surface area contributed by atoms with Gasteiger partial charge >= 0.3 is 11.9 Å². The topological polar surface area (TPSA) is 73.3 Å². The van der Waals surface area contributed by atoms with Gasteiger partial charge < -0.3 is 19.0 Å². The van der Waals surface area contributed by atoms with Crippen molar-refractivity contribution in [3.05, 3.63) is 117 Å². The maximum absolute atomic E-state index is 13.3. The molecule has 0 saturated carbocycles. The largest absolute Gasteiger partial charge is 0.456 e. The van der Waals surface area contributed by atoms with Crippen LogP contribution in [-0.2, 0) is 55.4 Å². The summed E-state index contributed by atoms with van der Waals surface area (Å²) in [6.07, 6.45) is 2.89. The quantitative estimate of drug-likeness (QED) is 0.222. The Labute approximate surface area is 231 Å². The van der Waals surface area contributed by atoms with Crippen LogP contribution in [0.2, 0.25) is 0 Å². The minimum Gasteiger partial charge on any atom is -0.456 e. The van der Waals surface area contributed by atoms with Crippen LogP contribution >= 0.6 is 0 Å². The molecule has 6 nitrogen and oxygen atoms in total. The van der Waals surface area contributed by atoms with Crippen LogP contribution in [0.25, 0.3) is 0 Å². The molecule has 6 heteroatoms. The number of aromatic nitrogens is 2. The van der Waals surface area contributed by atoms with Gasteiger partial charge in [0.05, 0.1) is 0 Å². The zero-order chi connectivity index (χ0) is 27.9. The van der Waals surface area contributed by atoms with Gasteiger partial charge in [-0.3, -0.25) is 0 Å². The average Bonchev–Trinajstić information content (AvgIpc) is 3.43. The second kappa shape index (κ2) is 12.7. The number of ether oxygens (including phenoxy) is 2. The highest BCUT2D eigenvalue weighted by atomic mass is 16.5. The van der Waals surface area contributed by atoms with Crippen LogP contribution in [0, 0.1) is 6.92 Å². The number of esters is 2. The Morgan fingerprint density at radius 1 is 0.744 bits per heavy atom. The van der Waals surface area contributed by atoms with Crippen molar-refractivity contribution in [2.45, 2.75) is 66.6 Å². The van der Waals surface area contributed by atoms with Gasteiger partial charge in [0.2, 0.25) is 0 Å². The molecule has 2 aromatic carbocycles. The number of hydrogen-bond acceptors (Lipinski definition) is 4. The SMILES string of the molecule is CCc1c(Cc2c(CC)c(CC)c(C(=O)OCc3ccccc3)n2C)[nH]c(C(=O)OCc2ccccc2)c1C. The summed E-state index contributed by atoms with van der Waals surface area (Å²) in [5.74, 6) is -0.679. The monoisotopic (exact) mass is 526 g/mol. The molecule has 0 atom stereocenters.